The fourth-order valence-electron chi connectivity index (χ4n) is 2.12. The zero-order valence-electron chi connectivity index (χ0n) is 11.8. The van der Waals surface area contributed by atoms with Crippen molar-refractivity contribution in [1.29, 1.82) is 5.26 Å². The summed E-state index contributed by atoms with van der Waals surface area (Å²) in [5, 5.41) is 23.2. The number of nitrogens with zero attached hydrogens (tertiary/aromatic N) is 2. The summed E-state index contributed by atoms with van der Waals surface area (Å²) in [5.41, 5.74) is 2.95. The van der Waals surface area contributed by atoms with Crippen LogP contribution in [0.3, 0.4) is 0 Å². The molecule has 2 aromatic rings. The Labute approximate surface area is 123 Å². The van der Waals surface area contributed by atoms with E-state index in [9.17, 15) is 10.1 Å². The lowest BCUT2D eigenvalue weighted by molar-refractivity contribution is -0.384. The van der Waals surface area contributed by atoms with Gasteiger partial charge in [0.25, 0.3) is 5.69 Å². The number of anilines is 1. The van der Waals surface area contributed by atoms with Gasteiger partial charge in [0, 0.05) is 12.1 Å². The molecule has 21 heavy (non-hydrogen) atoms. The first-order valence-corrected chi connectivity index (χ1v) is 6.53. The normalized spacial score (nSPS) is 11.5. The lowest BCUT2D eigenvalue weighted by atomic mass is 10.0. The van der Waals surface area contributed by atoms with Gasteiger partial charge in [0.2, 0.25) is 0 Å². The highest BCUT2D eigenvalue weighted by molar-refractivity contribution is 5.63. The average molecular weight is 281 g/mol. The fourth-order valence-corrected chi connectivity index (χ4v) is 2.12. The molecular weight excluding hydrogens is 266 g/mol. The smallest absolute Gasteiger partial charge is 0.292 e. The Morgan fingerprint density at radius 3 is 2.71 bits per heavy atom. The molecule has 1 N–H and O–H groups in total. The van der Waals surface area contributed by atoms with Crippen molar-refractivity contribution in [2.24, 2.45) is 0 Å². The Morgan fingerprint density at radius 2 is 2.05 bits per heavy atom. The summed E-state index contributed by atoms with van der Waals surface area (Å²) >= 11 is 0. The SMILES string of the molecule is Cc1ccc([N+](=O)[O-])c(NC(C)c2cccc(C#N)c2)c1. The van der Waals surface area contributed by atoms with Crippen LogP contribution in [0.2, 0.25) is 0 Å². The maximum absolute atomic E-state index is 11.1. The molecule has 0 aliphatic rings. The first-order valence-electron chi connectivity index (χ1n) is 6.53. The van der Waals surface area contributed by atoms with Gasteiger partial charge in [-0.2, -0.15) is 5.26 Å². The van der Waals surface area contributed by atoms with Gasteiger partial charge in [0.15, 0.2) is 0 Å². The zero-order valence-corrected chi connectivity index (χ0v) is 11.8. The van der Waals surface area contributed by atoms with Gasteiger partial charge >= 0.3 is 0 Å². The van der Waals surface area contributed by atoms with Crippen LogP contribution in [0, 0.1) is 28.4 Å². The molecule has 0 radical (unpaired) electrons. The van der Waals surface area contributed by atoms with E-state index >= 15 is 0 Å². The molecule has 0 aliphatic carbocycles. The molecule has 0 heterocycles. The van der Waals surface area contributed by atoms with Gasteiger partial charge in [-0.25, -0.2) is 0 Å². The summed E-state index contributed by atoms with van der Waals surface area (Å²) in [7, 11) is 0. The molecule has 2 aromatic carbocycles. The van der Waals surface area contributed by atoms with Crippen molar-refractivity contribution < 1.29 is 4.92 Å². The van der Waals surface area contributed by atoms with Crippen molar-refractivity contribution in [3.63, 3.8) is 0 Å². The standard InChI is InChI=1S/C16H15N3O2/c1-11-6-7-16(19(20)21)15(8-11)18-12(2)14-5-3-4-13(9-14)10-17/h3-9,12,18H,1-2H3. The highest BCUT2D eigenvalue weighted by Crippen LogP contribution is 2.29. The number of hydrogen-bond acceptors (Lipinski definition) is 4. The van der Waals surface area contributed by atoms with Crippen LogP contribution < -0.4 is 5.32 Å². The second-order valence-corrected chi connectivity index (χ2v) is 4.88. The van der Waals surface area contributed by atoms with Gasteiger partial charge in [-0.1, -0.05) is 18.2 Å². The molecule has 0 spiro atoms. The number of hydrogen-bond donors (Lipinski definition) is 1. The van der Waals surface area contributed by atoms with Crippen LogP contribution in [0.4, 0.5) is 11.4 Å². The summed E-state index contributed by atoms with van der Waals surface area (Å²) in [6, 6.07) is 14.1. The minimum atomic E-state index is -0.403. The summed E-state index contributed by atoms with van der Waals surface area (Å²) in [4.78, 5) is 10.7. The lowest BCUT2D eigenvalue weighted by Crippen LogP contribution is -2.08. The molecule has 2 rings (SSSR count). The molecule has 0 aliphatic heterocycles. The minimum absolute atomic E-state index is 0.0453. The maximum Gasteiger partial charge on any atom is 0.292 e. The number of nitro benzene ring substituents is 1. The highest BCUT2D eigenvalue weighted by Gasteiger charge is 2.16. The molecule has 1 atom stereocenters. The van der Waals surface area contributed by atoms with E-state index in [1.54, 1.807) is 30.3 Å². The quantitative estimate of drug-likeness (QED) is 0.679. The topological polar surface area (TPSA) is 79.0 Å². The van der Waals surface area contributed by atoms with E-state index in [4.69, 9.17) is 5.26 Å². The third-order valence-corrected chi connectivity index (χ3v) is 3.24. The molecule has 0 fully saturated rings. The fraction of sp³-hybridized carbons (Fsp3) is 0.188. The van der Waals surface area contributed by atoms with Crippen LogP contribution in [0.25, 0.3) is 0 Å². The van der Waals surface area contributed by atoms with Crippen molar-refractivity contribution in [2.75, 3.05) is 5.32 Å². The molecule has 5 heteroatoms. The van der Waals surface area contributed by atoms with Crippen LogP contribution in [-0.4, -0.2) is 4.92 Å². The van der Waals surface area contributed by atoms with E-state index in [2.05, 4.69) is 11.4 Å². The van der Waals surface area contributed by atoms with Crippen LogP contribution in [0.5, 0.6) is 0 Å². The molecule has 5 nitrogen and oxygen atoms in total. The molecule has 0 saturated heterocycles. The monoisotopic (exact) mass is 281 g/mol. The van der Waals surface area contributed by atoms with Crippen molar-refractivity contribution in [3.8, 4) is 6.07 Å². The Kier molecular flexibility index (Phi) is 4.19. The van der Waals surface area contributed by atoms with Crippen molar-refractivity contribution in [3.05, 3.63) is 69.3 Å². The Balaban J connectivity index is 2.31. The molecule has 106 valence electrons. The molecule has 0 bridgehead atoms. The van der Waals surface area contributed by atoms with Crippen LogP contribution in [0.1, 0.15) is 29.7 Å². The second kappa shape index (κ2) is 6.06. The van der Waals surface area contributed by atoms with Crippen molar-refractivity contribution >= 4 is 11.4 Å². The summed E-state index contributed by atoms with van der Waals surface area (Å²) in [5.74, 6) is 0. The molecule has 0 amide bonds. The lowest BCUT2D eigenvalue weighted by Gasteiger charge is -2.16. The number of rotatable bonds is 4. The Bertz CT molecular complexity index is 720. The third kappa shape index (κ3) is 3.37. The Hall–Kier alpha value is -2.87. The summed E-state index contributed by atoms with van der Waals surface area (Å²) < 4.78 is 0. The Morgan fingerprint density at radius 1 is 1.29 bits per heavy atom. The minimum Gasteiger partial charge on any atom is -0.373 e. The van der Waals surface area contributed by atoms with Gasteiger partial charge in [-0.15, -0.1) is 0 Å². The average Bonchev–Trinajstić information content (AvgIpc) is 2.47. The van der Waals surface area contributed by atoms with E-state index < -0.39 is 4.92 Å². The summed E-state index contributed by atoms with van der Waals surface area (Å²) in [6.45, 7) is 3.79. The van der Waals surface area contributed by atoms with E-state index in [1.165, 1.54) is 6.07 Å². The second-order valence-electron chi connectivity index (χ2n) is 4.88. The number of nitro groups is 1. The number of nitrogens with one attached hydrogen (secondary N) is 1. The van der Waals surface area contributed by atoms with E-state index in [-0.39, 0.29) is 11.7 Å². The van der Waals surface area contributed by atoms with Gasteiger partial charge in [0.05, 0.1) is 16.6 Å². The van der Waals surface area contributed by atoms with Crippen LogP contribution in [0.15, 0.2) is 42.5 Å². The van der Waals surface area contributed by atoms with Crippen molar-refractivity contribution in [2.45, 2.75) is 19.9 Å². The molecule has 0 aromatic heterocycles. The highest BCUT2D eigenvalue weighted by atomic mass is 16.6. The molecule has 0 saturated carbocycles. The van der Waals surface area contributed by atoms with E-state index in [1.807, 2.05) is 19.9 Å². The summed E-state index contributed by atoms with van der Waals surface area (Å²) in [6.07, 6.45) is 0. The largest absolute Gasteiger partial charge is 0.373 e. The maximum atomic E-state index is 11.1. The van der Waals surface area contributed by atoms with Gasteiger partial charge in [-0.05, 0) is 43.2 Å². The first kappa shape index (κ1) is 14.5. The van der Waals surface area contributed by atoms with Gasteiger partial charge in [0.1, 0.15) is 5.69 Å². The van der Waals surface area contributed by atoms with Crippen molar-refractivity contribution in [1.82, 2.24) is 0 Å². The van der Waals surface area contributed by atoms with Gasteiger partial charge in [-0.3, -0.25) is 10.1 Å². The van der Waals surface area contributed by atoms with Crippen LogP contribution in [-0.2, 0) is 0 Å². The number of nitriles is 1. The molecular formula is C16H15N3O2. The zero-order chi connectivity index (χ0) is 15.4. The number of benzene rings is 2. The first-order chi connectivity index (χ1) is 10.0. The number of aryl methyl sites for hydroxylation is 1. The van der Waals surface area contributed by atoms with E-state index in [0.717, 1.165) is 11.1 Å². The van der Waals surface area contributed by atoms with Gasteiger partial charge < -0.3 is 5.32 Å². The predicted octanol–water partition coefficient (Wildman–Crippen LogP) is 3.95. The molecule has 1 unspecified atom stereocenters. The van der Waals surface area contributed by atoms with Crippen LogP contribution >= 0.6 is 0 Å². The predicted molar refractivity (Wildman–Crippen MR) is 81.0 cm³/mol. The third-order valence-electron chi connectivity index (χ3n) is 3.24. The van der Waals surface area contributed by atoms with E-state index in [0.29, 0.717) is 11.3 Å².